The number of aliphatic imine (C=N–C) groups is 1. The molecule has 1 aliphatic rings. The quantitative estimate of drug-likeness (QED) is 0.556. The summed E-state index contributed by atoms with van der Waals surface area (Å²) in [5.41, 5.74) is 8.29. The number of para-hydroxylation sites is 1. The number of hydrogen-bond donors (Lipinski definition) is 2. The van der Waals surface area contributed by atoms with Crippen molar-refractivity contribution in [2.75, 3.05) is 42.9 Å². The second-order valence-corrected chi connectivity index (χ2v) is 7.75. The zero-order valence-corrected chi connectivity index (χ0v) is 17.7. The molecule has 0 radical (unpaired) electrons. The third kappa shape index (κ3) is 6.39. The van der Waals surface area contributed by atoms with Crippen molar-refractivity contribution in [1.29, 1.82) is 0 Å². The number of nitrogens with zero attached hydrogens (tertiary/aromatic N) is 3. The van der Waals surface area contributed by atoms with Crippen LogP contribution in [0, 0.1) is 0 Å². The van der Waals surface area contributed by atoms with Crippen LogP contribution in [0.4, 0.5) is 11.4 Å². The maximum Gasteiger partial charge on any atom is 0.193 e. The molecule has 0 spiro atoms. The summed E-state index contributed by atoms with van der Waals surface area (Å²) < 4.78 is 5.66. The van der Waals surface area contributed by atoms with E-state index in [2.05, 4.69) is 57.4 Å². The van der Waals surface area contributed by atoms with Crippen molar-refractivity contribution in [1.82, 2.24) is 4.90 Å². The Balaban J connectivity index is 1.44. The molecule has 3 N–H and O–H groups in total. The lowest BCUT2D eigenvalue weighted by atomic mass is 10.2. The van der Waals surface area contributed by atoms with Gasteiger partial charge in [0.25, 0.3) is 0 Å². The van der Waals surface area contributed by atoms with Gasteiger partial charge in [-0.15, -0.1) is 0 Å². The van der Waals surface area contributed by atoms with E-state index in [1.165, 1.54) is 5.69 Å². The molecule has 1 fully saturated rings. The molecule has 0 aromatic heterocycles. The highest BCUT2D eigenvalue weighted by Gasteiger charge is 2.21. The summed E-state index contributed by atoms with van der Waals surface area (Å²) in [6.07, 6.45) is 0.163. The molecule has 29 heavy (non-hydrogen) atoms. The minimum Gasteiger partial charge on any atom is -0.491 e. The first-order valence-electron chi connectivity index (χ1n) is 10.4. The van der Waals surface area contributed by atoms with Crippen molar-refractivity contribution in [2.24, 2.45) is 10.7 Å². The molecule has 0 amide bonds. The summed E-state index contributed by atoms with van der Waals surface area (Å²) in [5.74, 6) is 1.29. The van der Waals surface area contributed by atoms with Crippen LogP contribution in [0.1, 0.15) is 20.8 Å². The Morgan fingerprint density at radius 2 is 1.66 bits per heavy atom. The normalized spacial score (nSPS) is 16.7. The lowest BCUT2D eigenvalue weighted by molar-refractivity contribution is 0.201. The Bertz CT molecular complexity index is 768. The van der Waals surface area contributed by atoms with Gasteiger partial charge in [0.2, 0.25) is 0 Å². The predicted octanol–water partition coefficient (Wildman–Crippen LogP) is 3.41. The smallest absolute Gasteiger partial charge is 0.193 e. The second-order valence-electron chi connectivity index (χ2n) is 7.75. The van der Waals surface area contributed by atoms with Crippen molar-refractivity contribution in [3.05, 3.63) is 54.6 Å². The SMILES string of the molecule is CC(C)Oc1ccc(NC(N)=NCC(C)N2CCN(c3ccccc3)CC2)cc1. The minimum absolute atomic E-state index is 0.163. The molecule has 156 valence electrons. The number of benzene rings is 2. The number of ether oxygens (including phenoxy) is 1. The lowest BCUT2D eigenvalue weighted by Gasteiger charge is -2.38. The van der Waals surface area contributed by atoms with E-state index in [-0.39, 0.29) is 6.10 Å². The van der Waals surface area contributed by atoms with Crippen LogP contribution in [0.3, 0.4) is 0 Å². The van der Waals surface area contributed by atoms with Crippen molar-refractivity contribution >= 4 is 17.3 Å². The molecule has 1 atom stereocenters. The van der Waals surface area contributed by atoms with Crippen molar-refractivity contribution < 1.29 is 4.74 Å². The first-order chi connectivity index (χ1) is 14.0. The van der Waals surface area contributed by atoms with E-state index in [9.17, 15) is 0 Å². The van der Waals surface area contributed by atoms with Crippen molar-refractivity contribution in [3.63, 3.8) is 0 Å². The second kappa shape index (κ2) is 10.2. The van der Waals surface area contributed by atoms with Crippen LogP contribution >= 0.6 is 0 Å². The van der Waals surface area contributed by atoms with E-state index in [4.69, 9.17) is 10.5 Å². The van der Waals surface area contributed by atoms with Crippen LogP contribution in [0.15, 0.2) is 59.6 Å². The van der Waals surface area contributed by atoms with Gasteiger partial charge in [-0.2, -0.15) is 0 Å². The van der Waals surface area contributed by atoms with Gasteiger partial charge < -0.3 is 20.7 Å². The number of hydrogen-bond acceptors (Lipinski definition) is 4. The van der Waals surface area contributed by atoms with E-state index in [0.717, 1.165) is 37.6 Å². The van der Waals surface area contributed by atoms with Crippen LogP contribution in [-0.4, -0.2) is 55.7 Å². The van der Waals surface area contributed by atoms with Gasteiger partial charge in [0, 0.05) is 43.6 Å². The van der Waals surface area contributed by atoms with E-state index in [1.807, 2.05) is 38.1 Å². The van der Waals surface area contributed by atoms with Gasteiger partial charge in [-0.3, -0.25) is 9.89 Å². The average molecular weight is 396 g/mol. The predicted molar refractivity (Wildman–Crippen MR) is 122 cm³/mol. The third-order valence-corrected chi connectivity index (χ3v) is 5.08. The Kier molecular flexibility index (Phi) is 7.36. The van der Waals surface area contributed by atoms with Crippen molar-refractivity contribution in [3.8, 4) is 5.75 Å². The van der Waals surface area contributed by atoms with Gasteiger partial charge in [0.1, 0.15) is 5.75 Å². The van der Waals surface area contributed by atoms with Gasteiger partial charge in [0.05, 0.1) is 12.6 Å². The fraction of sp³-hybridized carbons (Fsp3) is 0.435. The first-order valence-corrected chi connectivity index (χ1v) is 10.4. The summed E-state index contributed by atoms with van der Waals surface area (Å²) >= 11 is 0. The van der Waals surface area contributed by atoms with Crippen molar-refractivity contribution in [2.45, 2.75) is 32.9 Å². The van der Waals surface area contributed by atoms with Crippen LogP contribution in [-0.2, 0) is 0 Å². The lowest BCUT2D eigenvalue weighted by Crippen LogP contribution is -2.50. The fourth-order valence-electron chi connectivity index (χ4n) is 3.48. The summed E-state index contributed by atoms with van der Waals surface area (Å²) in [7, 11) is 0. The largest absolute Gasteiger partial charge is 0.491 e. The zero-order valence-electron chi connectivity index (χ0n) is 17.7. The van der Waals surface area contributed by atoms with Crippen LogP contribution in [0.5, 0.6) is 5.75 Å². The molecule has 2 aromatic carbocycles. The standard InChI is InChI=1S/C23H33N5O/c1-18(2)29-22-11-9-20(10-12-22)26-23(24)25-17-19(3)27-13-15-28(16-14-27)21-7-5-4-6-8-21/h4-12,18-19H,13-17H2,1-3H3,(H3,24,25,26). The number of nitrogens with one attached hydrogen (secondary N) is 1. The Morgan fingerprint density at radius 1 is 1.00 bits per heavy atom. The molecule has 6 nitrogen and oxygen atoms in total. The fourth-order valence-corrected chi connectivity index (χ4v) is 3.48. The molecule has 0 aliphatic carbocycles. The molecule has 1 heterocycles. The number of anilines is 2. The molecule has 1 saturated heterocycles. The molecular weight excluding hydrogens is 362 g/mol. The molecule has 1 aliphatic heterocycles. The summed E-state index contributed by atoms with van der Waals surface area (Å²) in [4.78, 5) is 9.46. The van der Waals surface area contributed by atoms with Gasteiger partial charge >= 0.3 is 0 Å². The van der Waals surface area contributed by atoms with E-state index in [0.29, 0.717) is 18.5 Å². The minimum atomic E-state index is 0.163. The Morgan fingerprint density at radius 3 is 2.28 bits per heavy atom. The van der Waals surface area contributed by atoms with E-state index < -0.39 is 0 Å². The summed E-state index contributed by atoms with van der Waals surface area (Å²) in [6.45, 7) is 11.1. The van der Waals surface area contributed by atoms with Crippen LogP contribution in [0.25, 0.3) is 0 Å². The first kappa shape index (κ1) is 21.0. The topological polar surface area (TPSA) is 66.1 Å². The highest BCUT2D eigenvalue weighted by atomic mass is 16.5. The molecule has 6 heteroatoms. The van der Waals surface area contributed by atoms with Gasteiger partial charge in [-0.1, -0.05) is 18.2 Å². The number of guanidine groups is 1. The number of rotatable bonds is 7. The average Bonchev–Trinajstić information content (AvgIpc) is 2.74. The molecule has 3 rings (SSSR count). The van der Waals surface area contributed by atoms with Gasteiger partial charge in [-0.05, 0) is 57.2 Å². The van der Waals surface area contributed by atoms with E-state index >= 15 is 0 Å². The molecule has 0 saturated carbocycles. The summed E-state index contributed by atoms with van der Waals surface area (Å²) in [5, 5.41) is 3.15. The van der Waals surface area contributed by atoms with E-state index in [1.54, 1.807) is 0 Å². The molecule has 1 unspecified atom stereocenters. The molecule has 2 aromatic rings. The Hall–Kier alpha value is -2.73. The maximum absolute atomic E-state index is 6.08. The maximum atomic E-state index is 6.08. The number of nitrogens with two attached hydrogens (primary N) is 1. The van der Waals surface area contributed by atoms with Crippen LogP contribution in [0.2, 0.25) is 0 Å². The van der Waals surface area contributed by atoms with Gasteiger partial charge in [-0.25, -0.2) is 0 Å². The highest BCUT2D eigenvalue weighted by molar-refractivity contribution is 5.92. The third-order valence-electron chi connectivity index (χ3n) is 5.08. The summed E-state index contributed by atoms with van der Waals surface area (Å²) in [6, 6.07) is 18.7. The zero-order chi connectivity index (χ0) is 20.6. The highest BCUT2D eigenvalue weighted by Crippen LogP contribution is 2.18. The van der Waals surface area contributed by atoms with Gasteiger partial charge in [0.15, 0.2) is 5.96 Å². The number of piperazine rings is 1. The van der Waals surface area contributed by atoms with Crippen LogP contribution < -0.4 is 20.7 Å². The monoisotopic (exact) mass is 395 g/mol. The molecule has 0 bridgehead atoms. The molecular formula is C23H33N5O. The Labute approximate surface area is 174 Å².